The van der Waals surface area contributed by atoms with Crippen molar-refractivity contribution in [2.75, 3.05) is 12.4 Å². The Balaban J connectivity index is 1.76. The number of benzene rings is 1. The molecule has 0 saturated carbocycles. The van der Waals surface area contributed by atoms with E-state index in [0.29, 0.717) is 25.2 Å². The maximum atomic E-state index is 12.1. The van der Waals surface area contributed by atoms with E-state index in [1.165, 1.54) is 0 Å². The zero-order chi connectivity index (χ0) is 14.5. The predicted molar refractivity (Wildman–Crippen MR) is 84.5 cm³/mol. The van der Waals surface area contributed by atoms with Gasteiger partial charge in [0.15, 0.2) is 5.78 Å². The summed E-state index contributed by atoms with van der Waals surface area (Å²) in [5.74, 6) is 0.700. The minimum atomic E-state index is -0.887. The van der Waals surface area contributed by atoms with Gasteiger partial charge in [-0.1, -0.05) is 28.1 Å². The molecule has 5 heteroatoms. The average molecular weight is 359 g/mol. The van der Waals surface area contributed by atoms with Crippen LogP contribution in [0.2, 0.25) is 0 Å². The second kappa shape index (κ2) is 7.48. The van der Waals surface area contributed by atoms with Gasteiger partial charge < -0.3 is 4.74 Å². The van der Waals surface area contributed by atoms with Gasteiger partial charge in [-0.05, 0) is 31.9 Å². The Kier molecular flexibility index (Phi) is 5.93. The van der Waals surface area contributed by atoms with E-state index in [2.05, 4.69) is 15.9 Å². The summed E-state index contributed by atoms with van der Waals surface area (Å²) in [7, 11) is -0.887. The molecule has 1 fully saturated rings. The van der Waals surface area contributed by atoms with Gasteiger partial charge in [-0.3, -0.25) is 9.00 Å². The lowest BCUT2D eigenvalue weighted by molar-refractivity contribution is 0.0982. The number of rotatable bonds is 6. The maximum absolute atomic E-state index is 12.1. The predicted octanol–water partition coefficient (Wildman–Crippen LogP) is 3.34. The summed E-state index contributed by atoms with van der Waals surface area (Å²) >= 11 is 3.35. The number of ether oxygens (including phenoxy) is 1. The Morgan fingerprint density at radius 1 is 1.40 bits per heavy atom. The molecule has 2 rings (SSSR count). The van der Waals surface area contributed by atoms with Crippen molar-refractivity contribution in [3.05, 3.63) is 34.3 Å². The number of halogens is 1. The van der Waals surface area contributed by atoms with Crippen molar-refractivity contribution in [1.29, 1.82) is 0 Å². The van der Waals surface area contributed by atoms with Gasteiger partial charge in [0, 0.05) is 39.6 Å². The van der Waals surface area contributed by atoms with Gasteiger partial charge in [-0.15, -0.1) is 0 Å². The largest absolute Gasteiger partial charge is 0.377 e. The van der Waals surface area contributed by atoms with E-state index in [4.69, 9.17) is 4.74 Å². The van der Waals surface area contributed by atoms with Gasteiger partial charge in [-0.25, -0.2) is 0 Å². The topological polar surface area (TPSA) is 43.4 Å². The third-order valence-corrected chi connectivity index (χ3v) is 6.07. The van der Waals surface area contributed by atoms with Crippen molar-refractivity contribution in [2.45, 2.75) is 37.5 Å². The molecule has 0 aliphatic carbocycles. The van der Waals surface area contributed by atoms with Crippen molar-refractivity contribution in [3.63, 3.8) is 0 Å². The number of hydrogen-bond donors (Lipinski definition) is 0. The first kappa shape index (κ1) is 15.9. The second-order valence-electron chi connectivity index (χ2n) is 5.02. The van der Waals surface area contributed by atoms with Crippen LogP contribution in [0, 0.1) is 0 Å². The summed E-state index contributed by atoms with van der Waals surface area (Å²) in [6.45, 7) is 2.68. The van der Waals surface area contributed by atoms with E-state index in [9.17, 15) is 9.00 Å². The highest BCUT2D eigenvalue weighted by Crippen LogP contribution is 2.20. The molecule has 0 amide bonds. The summed E-state index contributed by atoms with van der Waals surface area (Å²) in [5.41, 5.74) is 0.719. The van der Waals surface area contributed by atoms with E-state index in [-0.39, 0.29) is 17.1 Å². The molecule has 0 spiro atoms. The number of Topliss-reactive ketones (excluding diaryl/α,β-unsaturated/α-hetero) is 1. The van der Waals surface area contributed by atoms with E-state index in [0.717, 1.165) is 16.5 Å². The molecule has 1 aromatic rings. The minimum absolute atomic E-state index is 0.0815. The third-order valence-electron chi connectivity index (χ3n) is 3.56. The van der Waals surface area contributed by atoms with E-state index >= 15 is 0 Å². The molecule has 110 valence electrons. The summed E-state index contributed by atoms with van der Waals surface area (Å²) < 4.78 is 18.5. The van der Waals surface area contributed by atoms with Crippen LogP contribution in [-0.2, 0) is 15.5 Å². The number of carbonyl (C=O) groups excluding carboxylic acids is 1. The molecule has 1 aromatic carbocycles. The fourth-order valence-corrected chi connectivity index (χ4v) is 4.22. The van der Waals surface area contributed by atoms with E-state index < -0.39 is 10.8 Å². The summed E-state index contributed by atoms with van der Waals surface area (Å²) in [4.78, 5) is 12.0. The zero-order valence-corrected chi connectivity index (χ0v) is 13.9. The molecular weight excluding hydrogens is 340 g/mol. The Morgan fingerprint density at radius 3 is 2.70 bits per heavy atom. The molecule has 0 N–H and O–H groups in total. The lowest BCUT2D eigenvalue weighted by atomic mass is 10.1. The maximum Gasteiger partial charge on any atom is 0.162 e. The SMILES string of the molecule is CC1OCCC1S(=O)CCCC(=O)c1ccc(Br)cc1. The fourth-order valence-electron chi connectivity index (χ4n) is 2.36. The summed E-state index contributed by atoms with van der Waals surface area (Å²) in [5, 5.41) is 0.137. The van der Waals surface area contributed by atoms with E-state index in [1.54, 1.807) is 0 Å². The molecular formula is C15H19BrO3S. The number of ketones is 1. The monoisotopic (exact) mass is 358 g/mol. The van der Waals surface area contributed by atoms with Gasteiger partial charge in [0.1, 0.15) is 0 Å². The minimum Gasteiger partial charge on any atom is -0.377 e. The number of hydrogen-bond acceptors (Lipinski definition) is 3. The lowest BCUT2D eigenvalue weighted by Crippen LogP contribution is -2.25. The van der Waals surface area contributed by atoms with Crippen LogP contribution in [0.1, 0.15) is 36.5 Å². The highest BCUT2D eigenvalue weighted by Gasteiger charge is 2.29. The van der Waals surface area contributed by atoms with Gasteiger partial charge in [0.25, 0.3) is 0 Å². The normalized spacial score (nSPS) is 23.7. The number of carbonyl (C=O) groups is 1. The standard InChI is InChI=1S/C15H19BrO3S/c1-11-15(8-9-19-11)20(18)10-2-3-14(17)12-4-6-13(16)7-5-12/h4-7,11,15H,2-3,8-10H2,1H3. The molecule has 1 saturated heterocycles. The first-order valence-corrected chi connectivity index (χ1v) is 9.03. The average Bonchev–Trinajstić information content (AvgIpc) is 2.85. The van der Waals surface area contributed by atoms with Crippen molar-refractivity contribution in [1.82, 2.24) is 0 Å². The fraction of sp³-hybridized carbons (Fsp3) is 0.533. The Hall–Kier alpha value is -0.520. The van der Waals surface area contributed by atoms with Crippen molar-refractivity contribution in [2.24, 2.45) is 0 Å². The molecule has 3 nitrogen and oxygen atoms in total. The molecule has 0 bridgehead atoms. The first-order chi connectivity index (χ1) is 9.58. The zero-order valence-electron chi connectivity index (χ0n) is 11.5. The Bertz CT molecular complexity index is 486. The Labute approximate surface area is 130 Å². The van der Waals surface area contributed by atoms with Crippen molar-refractivity contribution < 1.29 is 13.7 Å². The van der Waals surface area contributed by atoms with Crippen LogP contribution in [0.3, 0.4) is 0 Å². The molecule has 20 heavy (non-hydrogen) atoms. The lowest BCUT2D eigenvalue weighted by Gasteiger charge is -2.13. The van der Waals surface area contributed by atoms with Crippen LogP contribution in [0.15, 0.2) is 28.7 Å². The van der Waals surface area contributed by atoms with Crippen molar-refractivity contribution in [3.8, 4) is 0 Å². The molecule has 1 heterocycles. The van der Waals surface area contributed by atoms with Crippen LogP contribution in [-0.4, -0.2) is 33.7 Å². The smallest absolute Gasteiger partial charge is 0.162 e. The van der Waals surface area contributed by atoms with Crippen LogP contribution in [0.5, 0.6) is 0 Å². The highest BCUT2D eigenvalue weighted by molar-refractivity contribution is 9.10. The van der Waals surface area contributed by atoms with Gasteiger partial charge in [0.2, 0.25) is 0 Å². The third kappa shape index (κ3) is 4.24. The molecule has 3 atom stereocenters. The molecule has 0 aromatic heterocycles. The van der Waals surface area contributed by atoms with Crippen LogP contribution >= 0.6 is 15.9 Å². The highest BCUT2D eigenvalue weighted by atomic mass is 79.9. The quantitative estimate of drug-likeness (QED) is 0.732. The van der Waals surface area contributed by atoms with Crippen LogP contribution in [0.25, 0.3) is 0 Å². The summed E-state index contributed by atoms with van der Waals surface area (Å²) in [6.07, 6.45) is 2.08. The molecule has 0 radical (unpaired) electrons. The molecule has 1 aliphatic heterocycles. The van der Waals surface area contributed by atoms with Gasteiger partial charge >= 0.3 is 0 Å². The van der Waals surface area contributed by atoms with Gasteiger partial charge in [0.05, 0.1) is 11.4 Å². The van der Waals surface area contributed by atoms with Crippen molar-refractivity contribution >= 4 is 32.5 Å². The van der Waals surface area contributed by atoms with Gasteiger partial charge in [-0.2, -0.15) is 0 Å². The van der Waals surface area contributed by atoms with Crippen LogP contribution in [0.4, 0.5) is 0 Å². The van der Waals surface area contributed by atoms with E-state index in [1.807, 2.05) is 31.2 Å². The first-order valence-electron chi connectivity index (χ1n) is 6.85. The Morgan fingerprint density at radius 2 is 2.10 bits per heavy atom. The molecule has 1 aliphatic rings. The second-order valence-corrected chi connectivity index (χ2v) is 7.71. The van der Waals surface area contributed by atoms with Crippen LogP contribution < -0.4 is 0 Å². The molecule has 3 unspecified atom stereocenters. The summed E-state index contributed by atoms with van der Waals surface area (Å²) in [6, 6.07) is 7.36.